The van der Waals surface area contributed by atoms with Gasteiger partial charge in [-0.2, -0.15) is 0 Å². The lowest BCUT2D eigenvalue weighted by Crippen LogP contribution is -2.39. The highest BCUT2D eigenvalue weighted by Gasteiger charge is 2.36. The number of nitrogens with one attached hydrogen (secondary N) is 1. The molecule has 3 nitrogen and oxygen atoms in total. The van der Waals surface area contributed by atoms with Gasteiger partial charge < -0.3 is 4.90 Å². The van der Waals surface area contributed by atoms with Crippen LogP contribution in [0.15, 0.2) is 0 Å². The smallest absolute Gasteiger partial charge is 0.240 e. The molecule has 0 radical (unpaired) electrons. The molecule has 3 heteroatoms. The van der Waals surface area contributed by atoms with E-state index in [-0.39, 0.29) is 12.2 Å². The van der Waals surface area contributed by atoms with Crippen LogP contribution in [0.1, 0.15) is 66.2 Å². The molecule has 0 spiro atoms. The zero-order valence-corrected chi connectivity index (χ0v) is 13.7. The molecule has 1 heterocycles. The van der Waals surface area contributed by atoms with Crippen molar-refractivity contribution in [1.29, 1.82) is 0 Å². The average molecular weight is 280 g/mol. The Labute approximate surface area is 124 Å². The molecule has 2 rings (SSSR count). The lowest BCUT2D eigenvalue weighted by Gasteiger charge is -2.30. The molecule has 116 valence electrons. The summed E-state index contributed by atoms with van der Waals surface area (Å²) in [7, 11) is 0. The molecule has 1 saturated heterocycles. The van der Waals surface area contributed by atoms with E-state index >= 15 is 0 Å². The van der Waals surface area contributed by atoms with Gasteiger partial charge in [-0.3, -0.25) is 10.1 Å². The fourth-order valence-corrected chi connectivity index (χ4v) is 3.70. The zero-order chi connectivity index (χ0) is 14.7. The van der Waals surface area contributed by atoms with Gasteiger partial charge in [-0.1, -0.05) is 46.5 Å². The molecule has 0 aromatic carbocycles. The third-order valence-corrected chi connectivity index (χ3v) is 5.08. The van der Waals surface area contributed by atoms with Crippen LogP contribution < -0.4 is 5.32 Å². The fourth-order valence-electron chi connectivity index (χ4n) is 3.70. The molecule has 1 saturated carbocycles. The second kappa shape index (κ2) is 6.93. The van der Waals surface area contributed by atoms with E-state index in [0.29, 0.717) is 11.8 Å². The summed E-state index contributed by atoms with van der Waals surface area (Å²) in [6, 6.07) is 0.00475. The van der Waals surface area contributed by atoms with Crippen LogP contribution in [0, 0.1) is 17.8 Å². The van der Waals surface area contributed by atoms with E-state index in [1.807, 2.05) is 6.92 Å². The van der Waals surface area contributed by atoms with Crippen molar-refractivity contribution >= 4 is 5.91 Å². The lowest BCUT2D eigenvalue weighted by molar-refractivity contribution is -0.130. The Bertz CT molecular complexity index is 321. The largest absolute Gasteiger partial charge is 0.326 e. The van der Waals surface area contributed by atoms with Crippen molar-refractivity contribution in [3.05, 3.63) is 0 Å². The Hall–Kier alpha value is -0.570. The summed E-state index contributed by atoms with van der Waals surface area (Å²) in [5, 5.41) is 3.46. The van der Waals surface area contributed by atoms with E-state index in [1.165, 1.54) is 32.1 Å². The molecule has 0 aromatic heterocycles. The van der Waals surface area contributed by atoms with Gasteiger partial charge in [0, 0.05) is 6.54 Å². The molecule has 2 fully saturated rings. The predicted molar refractivity (Wildman–Crippen MR) is 83.3 cm³/mol. The minimum absolute atomic E-state index is 0.00475. The number of hydrogen-bond acceptors (Lipinski definition) is 2. The summed E-state index contributed by atoms with van der Waals surface area (Å²) in [6.07, 6.45) is 8.01. The Morgan fingerprint density at radius 2 is 1.85 bits per heavy atom. The summed E-state index contributed by atoms with van der Waals surface area (Å²) >= 11 is 0. The van der Waals surface area contributed by atoms with Crippen LogP contribution in [0.25, 0.3) is 0 Å². The van der Waals surface area contributed by atoms with Crippen LogP contribution in [-0.4, -0.2) is 29.6 Å². The van der Waals surface area contributed by atoms with Gasteiger partial charge in [0.1, 0.15) is 0 Å². The molecule has 0 aromatic rings. The summed E-state index contributed by atoms with van der Waals surface area (Å²) in [4.78, 5) is 14.4. The van der Waals surface area contributed by atoms with Crippen LogP contribution in [-0.2, 0) is 4.79 Å². The fraction of sp³-hybridized carbons (Fsp3) is 0.941. The van der Waals surface area contributed by atoms with Crippen molar-refractivity contribution < 1.29 is 4.79 Å². The minimum atomic E-state index is 0.00475. The van der Waals surface area contributed by atoms with Crippen molar-refractivity contribution in [2.45, 2.75) is 78.4 Å². The Morgan fingerprint density at radius 3 is 2.45 bits per heavy atom. The van der Waals surface area contributed by atoms with E-state index < -0.39 is 0 Å². The minimum Gasteiger partial charge on any atom is -0.326 e. The first-order chi connectivity index (χ1) is 9.47. The van der Waals surface area contributed by atoms with Crippen molar-refractivity contribution in [3.8, 4) is 0 Å². The first-order valence-corrected chi connectivity index (χ1v) is 8.54. The van der Waals surface area contributed by atoms with Gasteiger partial charge >= 0.3 is 0 Å². The maximum absolute atomic E-state index is 12.3. The summed E-state index contributed by atoms with van der Waals surface area (Å²) in [5.74, 6) is 2.69. The maximum Gasteiger partial charge on any atom is 0.240 e. The molecular weight excluding hydrogens is 248 g/mol. The Kier molecular flexibility index (Phi) is 5.48. The third kappa shape index (κ3) is 3.97. The molecule has 1 amide bonds. The highest BCUT2D eigenvalue weighted by molar-refractivity contribution is 5.83. The van der Waals surface area contributed by atoms with Gasteiger partial charge in [-0.05, 0) is 37.5 Å². The quantitative estimate of drug-likeness (QED) is 0.837. The molecular formula is C17H32N2O. The van der Waals surface area contributed by atoms with Crippen LogP contribution in [0.3, 0.4) is 0 Å². The average Bonchev–Trinajstić information content (AvgIpc) is 2.64. The second-order valence-corrected chi connectivity index (χ2v) is 7.48. The van der Waals surface area contributed by atoms with Gasteiger partial charge in [0.25, 0.3) is 0 Å². The van der Waals surface area contributed by atoms with Crippen LogP contribution in [0.4, 0.5) is 0 Å². The second-order valence-electron chi connectivity index (χ2n) is 7.48. The van der Waals surface area contributed by atoms with Crippen molar-refractivity contribution in [3.63, 3.8) is 0 Å². The van der Waals surface area contributed by atoms with Gasteiger partial charge in [-0.25, -0.2) is 0 Å². The standard InChI is InChI=1S/C17H32N2O/c1-12(2)11-16-18-14(4)17(20)19(16)10-9-15-7-5-13(3)6-8-15/h12-16,18H,5-11H2,1-4H3. The maximum atomic E-state index is 12.3. The van der Waals surface area contributed by atoms with E-state index in [0.717, 1.165) is 24.8 Å². The number of rotatable bonds is 5. The summed E-state index contributed by atoms with van der Waals surface area (Å²) in [6.45, 7) is 9.78. The van der Waals surface area contributed by atoms with E-state index in [4.69, 9.17) is 0 Å². The molecule has 2 atom stereocenters. The monoisotopic (exact) mass is 280 g/mol. The number of carbonyl (C=O) groups excluding carboxylic acids is 1. The van der Waals surface area contributed by atoms with E-state index in [9.17, 15) is 4.79 Å². The lowest BCUT2D eigenvalue weighted by atomic mass is 9.81. The number of carbonyl (C=O) groups is 1. The summed E-state index contributed by atoms with van der Waals surface area (Å²) in [5.41, 5.74) is 0. The Morgan fingerprint density at radius 1 is 1.20 bits per heavy atom. The van der Waals surface area contributed by atoms with Crippen LogP contribution in [0.2, 0.25) is 0 Å². The van der Waals surface area contributed by atoms with E-state index in [2.05, 4.69) is 31.0 Å². The van der Waals surface area contributed by atoms with Crippen LogP contribution >= 0.6 is 0 Å². The van der Waals surface area contributed by atoms with E-state index in [1.54, 1.807) is 0 Å². The molecule has 2 unspecified atom stereocenters. The zero-order valence-electron chi connectivity index (χ0n) is 13.7. The van der Waals surface area contributed by atoms with Crippen molar-refractivity contribution in [2.75, 3.05) is 6.54 Å². The van der Waals surface area contributed by atoms with Gasteiger partial charge in [0.15, 0.2) is 0 Å². The highest BCUT2D eigenvalue weighted by Crippen LogP contribution is 2.31. The normalized spacial score (nSPS) is 35.0. The predicted octanol–water partition coefficient (Wildman–Crippen LogP) is 3.40. The molecule has 1 N–H and O–H groups in total. The van der Waals surface area contributed by atoms with Crippen molar-refractivity contribution in [2.24, 2.45) is 17.8 Å². The van der Waals surface area contributed by atoms with Gasteiger partial charge in [0.05, 0.1) is 12.2 Å². The Balaban J connectivity index is 1.84. The van der Waals surface area contributed by atoms with Gasteiger partial charge in [0.2, 0.25) is 5.91 Å². The first-order valence-electron chi connectivity index (χ1n) is 8.54. The molecule has 20 heavy (non-hydrogen) atoms. The van der Waals surface area contributed by atoms with Crippen molar-refractivity contribution in [1.82, 2.24) is 10.2 Å². The third-order valence-electron chi connectivity index (χ3n) is 5.08. The number of hydrogen-bond donors (Lipinski definition) is 1. The molecule has 1 aliphatic carbocycles. The topological polar surface area (TPSA) is 32.3 Å². The SMILES string of the molecule is CC(C)CC1NC(C)C(=O)N1CCC1CCC(C)CC1. The molecule has 2 aliphatic rings. The highest BCUT2D eigenvalue weighted by atomic mass is 16.2. The summed E-state index contributed by atoms with van der Waals surface area (Å²) < 4.78 is 0. The first kappa shape index (κ1) is 15.8. The van der Waals surface area contributed by atoms with Gasteiger partial charge in [-0.15, -0.1) is 0 Å². The number of nitrogens with zero attached hydrogens (tertiary/aromatic N) is 1. The molecule has 0 bridgehead atoms. The number of amides is 1. The molecule has 1 aliphatic heterocycles. The van der Waals surface area contributed by atoms with Crippen LogP contribution in [0.5, 0.6) is 0 Å².